The van der Waals surface area contributed by atoms with E-state index in [9.17, 15) is 8.42 Å². The van der Waals surface area contributed by atoms with Crippen LogP contribution in [0.3, 0.4) is 0 Å². The number of hydrogen-bond acceptors (Lipinski definition) is 3. The van der Waals surface area contributed by atoms with Crippen LogP contribution in [0.5, 0.6) is 0 Å². The van der Waals surface area contributed by atoms with Gasteiger partial charge in [0.05, 0.1) is 12.8 Å². The zero-order chi connectivity index (χ0) is 15.7. The van der Waals surface area contributed by atoms with Crippen molar-refractivity contribution in [3.05, 3.63) is 34.9 Å². The summed E-state index contributed by atoms with van der Waals surface area (Å²) in [6.45, 7) is 3.98. The summed E-state index contributed by atoms with van der Waals surface area (Å²) in [6, 6.07) is 7.48. The molecule has 0 aliphatic carbocycles. The molecule has 0 aliphatic heterocycles. The Bertz CT molecular complexity index is 564. The van der Waals surface area contributed by atoms with Crippen LogP contribution in [0, 0.1) is 0 Å². The summed E-state index contributed by atoms with van der Waals surface area (Å²) in [5, 5.41) is 6.85. The molecule has 3 N–H and O–H groups in total. The van der Waals surface area contributed by atoms with Gasteiger partial charge in [-0.25, -0.2) is 18.1 Å². The third-order valence-electron chi connectivity index (χ3n) is 2.46. The molecule has 0 spiro atoms. The molecule has 0 amide bonds. The number of nitrogens with zero attached hydrogens (tertiary/aromatic N) is 1. The second kappa shape index (κ2) is 11.0. The minimum atomic E-state index is -3.16. The predicted octanol–water partition coefficient (Wildman–Crippen LogP) is 1.56. The fourth-order valence-corrected chi connectivity index (χ4v) is 2.12. The first-order valence-electron chi connectivity index (χ1n) is 6.62. The molecule has 0 atom stereocenters. The van der Waals surface area contributed by atoms with E-state index < -0.39 is 10.0 Å². The fraction of sp³-hybridized carbons (Fsp3) is 0.462. The number of aliphatic imine (C=N–C) groups is 1. The Morgan fingerprint density at radius 1 is 1.18 bits per heavy atom. The SMILES string of the molecule is CCNC(=NCc1ccc(Cl)cc1)NCCNS(C)(=O)=O.I. The molecule has 0 aromatic heterocycles. The maximum Gasteiger partial charge on any atom is 0.208 e. The molecule has 1 aromatic carbocycles. The molecule has 0 saturated carbocycles. The van der Waals surface area contributed by atoms with Crippen LogP contribution in [0.1, 0.15) is 12.5 Å². The van der Waals surface area contributed by atoms with Crippen molar-refractivity contribution < 1.29 is 8.42 Å². The van der Waals surface area contributed by atoms with Gasteiger partial charge in [0, 0.05) is 24.7 Å². The van der Waals surface area contributed by atoms with Crippen molar-refractivity contribution in [1.29, 1.82) is 0 Å². The Hall–Kier alpha value is -0.580. The number of halogens is 2. The van der Waals surface area contributed by atoms with E-state index in [-0.39, 0.29) is 24.0 Å². The second-order valence-corrected chi connectivity index (χ2v) is 6.68. The van der Waals surface area contributed by atoms with Crippen LogP contribution in [-0.4, -0.2) is 40.3 Å². The number of benzene rings is 1. The van der Waals surface area contributed by atoms with Crippen molar-refractivity contribution in [1.82, 2.24) is 15.4 Å². The van der Waals surface area contributed by atoms with Gasteiger partial charge in [0.25, 0.3) is 0 Å². The monoisotopic (exact) mass is 460 g/mol. The highest BCUT2D eigenvalue weighted by molar-refractivity contribution is 14.0. The van der Waals surface area contributed by atoms with Gasteiger partial charge in [-0.05, 0) is 24.6 Å². The van der Waals surface area contributed by atoms with E-state index in [1.54, 1.807) is 0 Å². The van der Waals surface area contributed by atoms with E-state index >= 15 is 0 Å². The van der Waals surface area contributed by atoms with Crippen LogP contribution in [-0.2, 0) is 16.6 Å². The number of guanidine groups is 1. The van der Waals surface area contributed by atoms with E-state index in [4.69, 9.17) is 11.6 Å². The maximum atomic E-state index is 10.9. The van der Waals surface area contributed by atoms with Crippen LogP contribution < -0.4 is 15.4 Å². The van der Waals surface area contributed by atoms with E-state index in [2.05, 4.69) is 20.3 Å². The molecule has 22 heavy (non-hydrogen) atoms. The van der Waals surface area contributed by atoms with Gasteiger partial charge in [0.15, 0.2) is 5.96 Å². The largest absolute Gasteiger partial charge is 0.357 e. The van der Waals surface area contributed by atoms with Crippen molar-refractivity contribution in [3.8, 4) is 0 Å². The quantitative estimate of drug-likeness (QED) is 0.250. The van der Waals surface area contributed by atoms with E-state index in [0.717, 1.165) is 18.4 Å². The number of sulfonamides is 1. The Morgan fingerprint density at radius 3 is 2.36 bits per heavy atom. The van der Waals surface area contributed by atoms with Gasteiger partial charge in [-0.15, -0.1) is 24.0 Å². The van der Waals surface area contributed by atoms with Crippen molar-refractivity contribution in [3.63, 3.8) is 0 Å². The third kappa shape index (κ3) is 10.2. The van der Waals surface area contributed by atoms with Gasteiger partial charge in [-0.2, -0.15) is 0 Å². The predicted molar refractivity (Wildman–Crippen MR) is 103 cm³/mol. The Kier molecular flexibility index (Phi) is 10.7. The lowest BCUT2D eigenvalue weighted by atomic mass is 10.2. The molecule has 1 rings (SSSR count). The Balaban J connectivity index is 0.00000441. The highest BCUT2D eigenvalue weighted by atomic mass is 127. The van der Waals surface area contributed by atoms with Crippen LogP contribution in [0.25, 0.3) is 0 Å². The molecule has 9 heteroatoms. The first-order chi connectivity index (χ1) is 9.90. The number of nitrogens with one attached hydrogen (secondary N) is 3. The van der Waals surface area contributed by atoms with Gasteiger partial charge in [0.1, 0.15) is 0 Å². The summed E-state index contributed by atoms with van der Waals surface area (Å²) >= 11 is 5.83. The first-order valence-corrected chi connectivity index (χ1v) is 8.89. The highest BCUT2D eigenvalue weighted by Gasteiger charge is 2.01. The maximum absolute atomic E-state index is 10.9. The molecule has 126 valence electrons. The van der Waals surface area contributed by atoms with Crippen LogP contribution >= 0.6 is 35.6 Å². The van der Waals surface area contributed by atoms with Gasteiger partial charge in [-0.1, -0.05) is 23.7 Å². The summed E-state index contributed by atoms with van der Waals surface area (Å²) in [5.74, 6) is 0.641. The van der Waals surface area contributed by atoms with Crippen molar-refractivity contribution in [2.45, 2.75) is 13.5 Å². The normalized spacial score (nSPS) is 11.7. The Morgan fingerprint density at radius 2 is 1.82 bits per heavy atom. The zero-order valence-corrected chi connectivity index (χ0v) is 16.5. The van der Waals surface area contributed by atoms with E-state index in [1.807, 2.05) is 31.2 Å². The minimum Gasteiger partial charge on any atom is -0.357 e. The highest BCUT2D eigenvalue weighted by Crippen LogP contribution is 2.09. The molecule has 0 bridgehead atoms. The van der Waals surface area contributed by atoms with Gasteiger partial charge >= 0.3 is 0 Å². The van der Waals surface area contributed by atoms with Crippen LogP contribution in [0.4, 0.5) is 0 Å². The zero-order valence-electron chi connectivity index (χ0n) is 12.6. The fourth-order valence-electron chi connectivity index (χ4n) is 1.52. The first kappa shape index (κ1) is 21.4. The van der Waals surface area contributed by atoms with Gasteiger partial charge < -0.3 is 10.6 Å². The van der Waals surface area contributed by atoms with Crippen molar-refractivity contribution >= 4 is 51.6 Å². The summed E-state index contributed by atoms with van der Waals surface area (Å²) in [6.07, 6.45) is 1.13. The molecule has 0 aliphatic rings. The lowest BCUT2D eigenvalue weighted by molar-refractivity contribution is 0.586. The topological polar surface area (TPSA) is 82.6 Å². The van der Waals surface area contributed by atoms with Crippen LogP contribution in [0.2, 0.25) is 5.02 Å². The molecule has 0 fully saturated rings. The van der Waals surface area contributed by atoms with E-state index in [1.165, 1.54) is 0 Å². The van der Waals surface area contributed by atoms with Gasteiger partial charge in [-0.3, -0.25) is 0 Å². The van der Waals surface area contributed by atoms with Crippen LogP contribution in [0.15, 0.2) is 29.3 Å². The Labute approximate surface area is 154 Å². The summed E-state index contributed by atoms with van der Waals surface area (Å²) in [7, 11) is -3.16. The molecule has 0 radical (unpaired) electrons. The molecule has 1 aromatic rings. The average Bonchev–Trinajstić information content (AvgIpc) is 2.41. The van der Waals surface area contributed by atoms with Crippen molar-refractivity contribution in [2.24, 2.45) is 4.99 Å². The molecule has 0 unspecified atom stereocenters. The molecule has 0 saturated heterocycles. The minimum absolute atomic E-state index is 0. The summed E-state index contributed by atoms with van der Waals surface area (Å²) < 4.78 is 24.3. The van der Waals surface area contributed by atoms with Crippen molar-refractivity contribution in [2.75, 3.05) is 25.9 Å². The summed E-state index contributed by atoms with van der Waals surface area (Å²) in [5.41, 5.74) is 1.05. The van der Waals surface area contributed by atoms with Gasteiger partial charge in [0.2, 0.25) is 10.0 Å². The standard InChI is InChI=1S/C13H21ClN4O2S.HI/c1-3-15-13(16-8-9-18-21(2,19)20)17-10-11-4-6-12(14)7-5-11;/h4-7,18H,3,8-10H2,1-2H3,(H2,15,16,17);1H. The molecule has 0 heterocycles. The lowest BCUT2D eigenvalue weighted by Gasteiger charge is -2.11. The van der Waals surface area contributed by atoms with E-state index in [0.29, 0.717) is 30.6 Å². The molecular weight excluding hydrogens is 439 g/mol. The smallest absolute Gasteiger partial charge is 0.208 e. The summed E-state index contributed by atoms with van der Waals surface area (Å²) in [4.78, 5) is 4.42. The number of hydrogen-bond donors (Lipinski definition) is 3. The second-order valence-electron chi connectivity index (χ2n) is 4.41. The molecular formula is C13H22ClIN4O2S. The lowest BCUT2D eigenvalue weighted by Crippen LogP contribution is -2.41. The molecule has 6 nitrogen and oxygen atoms in total. The number of rotatable bonds is 7. The average molecular weight is 461 g/mol. The third-order valence-corrected chi connectivity index (χ3v) is 3.44.